The number of hydrogen-bond acceptors (Lipinski definition) is 8. The van der Waals surface area contributed by atoms with E-state index in [-0.39, 0.29) is 11.5 Å². The number of benzene rings is 1. The van der Waals surface area contributed by atoms with E-state index in [2.05, 4.69) is 33.9 Å². The molecule has 1 aromatic carbocycles. The third-order valence-electron chi connectivity index (χ3n) is 5.37. The van der Waals surface area contributed by atoms with Crippen LogP contribution < -0.4 is 4.74 Å². The lowest BCUT2D eigenvalue weighted by molar-refractivity contribution is -0.171. The average Bonchev–Trinajstić information content (AvgIpc) is 3.25. The lowest BCUT2D eigenvalue weighted by Gasteiger charge is -2.34. The zero-order valence-corrected chi connectivity index (χ0v) is 23.0. The molecule has 3 unspecified atom stereocenters. The molecule has 191 valence electrons. The number of hydrogen-bond donors (Lipinski definition) is 1. The van der Waals surface area contributed by atoms with Crippen LogP contribution in [0.25, 0.3) is 0 Å². The fourth-order valence-corrected chi connectivity index (χ4v) is 6.10. The predicted octanol–water partition coefficient (Wildman–Crippen LogP) is 5.42. The molecule has 0 spiro atoms. The molecule has 34 heavy (non-hydrogen) atoms. The first-order valence-electron chi connectivity index (χ1n) is 11.4. The van der Waals surface area contributed by atoms with Crippen molar-refractivity contribution in [2.75, 3.05) is 20.3 Å². The molecule has 1 heterocycles. The Morgan fingerprint density at radius 2 is 2.00 bits per heavy atom. The van der Waals surface area contributed by atoms with E-state index in [1.807, 2.05) is 25.1 Å². The van der Waals surface area contributed by atoms with Crippen molar-refractivity contribution in [1.82, 2.24) is 0 Å². The molecule has 1 N–H and O–H groups in total. The highest BCUT2D eigenvalue weighted by molar-refractivity contribution is 7.99. The van der Waals surface area contributed by atoms with Crippen molar-refractivity contribution in [3.8, 4) is 5.75 Å². The topological polar surface area (TPSA) is 101 Å². The van der Waals surface area contributed by atoms with Crippen molar-refractivity contribution in [2.24, 2.45) is 5.41 Å². The van der Waals surface area contributed by atoms with Crippen LogP contribution in [0.4, 0.5) is 4.79 Å². The highest BCUT2D eigenvalue weighted by atomic mass is 32.2. The van der Waals surface area contributed by atoms with Gasteiger partial charge in [0.15, 0.2) is 5.44 Å². The molecule has 8 nitrogen and oxygen atoms in total. The van der Waals surface area contributed by atoms with E-state index in [0.717, 1.165) is 16.9 Å². The zero-order chi connectivity index (χ0) is 25.5. The molecular weight excluding hydrogens is 476 g/mol. The minimum atomic E-state index is -1.47. The zero-order valence-electron chi connectivity index (χ0n) is 21.1. The molecule has 10 heteroatoms. The van der Waals surface area contributed by atoms with Gasteiger partial charge in [0.05, 0.1) is 19.8 Å². The van der Waals surface area contributed by atoms with Crippen LogP contribution in [0.3, 0.4) is 0 Å². The maximum atomic E-state index is 12.6. The molecule has 0 saturated carbocycles. The van der Waals surface area contributed by atoms with Gasteiger partial charge >= 0.3 is 12.1 Å². The second kappa shape index (κ2) is 12.3. The maximum Gasteiger partial charge on any atom is 0.507 e. The number of carboxylic acid groups (broad SMARTS) is 1. The largest absolute Gasteiger partial charge is 0.507 e. The quantitative estimate of drug-likeness (QED) is 0.236. The summed E-state index contributed by atoms with van der Waals surface area (Å²) in [5.74, 6) is 0.535. The van der Waals surface area contributed by atoms with E-state index < -0.39 is 32.2 Å². The second-order valence-electron chi connectivity index (χ2n) is 9.44. The second-order valence-corrected chi connectivity index (χ2v) is 12.5. The van der Waals surface area contributed by atoms with Crippen molar-refractivity contribution < 1.29 is 38.1 Å². The molecular formula is C24H37O8SSi. The summed E-state index contributed by atoms with van der Waals surface area (Å²) in [7, 11) is 0.270. The van der Waals surface area contributed by atoms with Gasteiger partial charge in [0.25, 0.3) is 0 Å². The molecule has 1 fully saturated rings. The lowest BCUT2D eigenvalue weighted by atomic mass is 9.84. The summed E-state index contributed by atoms with van der Waals surface area (Å²) in [5.41, 5.74) is -0.801. The highest BCUT2D eigenvalue weighted by Crippen LogP contribution is 2.43. The molecule has 0 amide bonds. The molecule has 0 bridgehead atoms. The molecule has 2 rings (SSSR count). The van der Waals surface area contributed by atoms with Gasteiger partial charge < -0.3 is 28.5 Å². The minimum Gasteiger partial charge on any atom is -0.493 e. The number of ether oxygens (including phenoxy) is 4. The van der Waals surface area contributed by atoms with Crippen LogP contribution in [0.1, 0.15) is 57.8 Å². The fourth-order valence-electron chi connectivity index (χ4n) is 3.93. The molecule has 1 saturated heterocycles. The van der Waals surface area contributed by atoms with Gasteiger partial charge in [-0.05, 0) is 56.0 Å². The first kappa shape index (κ1) is 28.5. The van der Waals surface area contributed by atoms with Gasteiger partial charge in [-0.25, -0.2) is 9.59 Å². The normalized spacial score (nSPS) is 20.1. The van der Waals surface area contributed by atoms with Gasteiger partial charge in [0.1, 0.15) is 5.75 Å². The Morgan fingerprint density at radius 1 is 1.29 bits per heavy atom. The van der Waals surface area contributed by atoms with Gasteiger partial charge in [0, 0.05) is 17.9 Å². The third kappa shape index (κ3) is 7.13. The molecule has 1 aliphatic rings. The third-order valence-corrected chi connectivity index (χ3v) is 7.36. The van der Waals surface area contributed by atoms with Crippen LogP contribution in [0.5, 0.6) is 5.75 Å². The monoisotopic (exact) mass is 513 g/mol. The SMILES string of the molecule is CCOc1ccc(CSC(OC(=O)O)C2(C(=O)OC)CCCO2)cc1C(O[Si](C)C)C(C)(C)C. The van der Waals surface area contributed by atoms with Crippen LogP contribution in [0, 0.1) is 5.41 Å². The first-order chi connectivity index (χ1) is 15.9. The van der Waals surface area contributed by atoms with Crippen molar-refractivity contribution in [3.63, 3.8) is 0 Å². The molecule has 1 aliphatic heterocycles. The van der Waals surface area contributed by atoms with Gasteiger partial charge in [-0.2, -0.15) is 0 Å². The summed E-state index contributed by atoms with van der Waals surface area (Å²) >= 11 is 1.20. The van der Waals surface area contributed by atoms with E-state index >= 15 is 0 Å². The fraction of sp³-hybridized carbons (Fsp3) is 0.667. The summed E-state index contributed by atoms with van der Waals surface area (Å²) in [6.07, 6.45) is -0.694. The van der Waals surface area contributed by atoms with Gasteiger partial charge in [0.2, 0.25) is 14.6 Å². The van der Waals surface area contributed by atoms with Crippen LogP contribution in [0.2, 0.25) is 13.1 Å². The van der Waals surface area contributed by atoms with Crippen molar-refractivity contribution in [2.45, 2.75) is 76.5 Å². The van der Waals surface area contributed by atoms with Crippen molar-refractivity contribution in [1.29, 1.82) is 0 Å². The number of methoxy groups -OCH3 is 1. The van der Waals surface area contributed by atoms with Crippen molar-refractivity contribution in [3.05, 3.63) is 29.3 Å². The van der Waals surface area contributed by atoms with E-state index in [1.165, 1.54) is 18.9 Å². The average molecular weight is 514 g/mol. The van der Waals surface area contributed by atoms with Crippen LogP contribution in [-0.2, 0) is 29.2 Å². The molecule has 0 aliphatic carbocycles. The van der Waals surface area contributed by atoms with Gasteiger partial charge in [-0.1, -0.05) is 26.8 Å². The number of carbonyl (C=O) groups is 2. The van der Waals surface area contributed by atoms with Crippen LogP contribution >= 0.6 is 11.8 Å². The number of carbonyl (C=O) groups excluding carboxylic acids is 1. The molecule has 1 aromatic rings. The van der Waals surface area contributed by atoms with Crippen LogP contribution in [-0.4, -0.2) is 57.6 Å². The summed E-state index contributed by atoms with van der Waals surface area (Å²) in [4.78, 5) is 24.0. The Hall–Kier alpha value is -1.75. The van der Waals surface area contributed by atoms with E-state index in [9.17, 15) is 14.7 Å². The highest BCUT2D eigenvalue weighted by Gasteiger charge is 2.53. The van der Waals surface area contributed by atoms with Crippen LogP contribution in [0.15, 0.2) is 18.2 Å². The Balaban J connectivity index is 2.38. The first-order valence-corrected chi connectivity index (χ1v) is 14.9. The number of esters is 1. The Labute approximate surface area is 208 Å². The summed E-state index contributed by atoms with van der Waals surface area (Å²) in [6, 6.07) is 5.89. The minimum absolute atomic E-state index is 0.166. The number of thioether (sulfide) groups is 1. The predicted molar refractivity (Wildman–Crippen MR) is 132 cm³/mol. The number of rotatable bonds is 11. The standard InChI is InChI=1S/C24H37O8SSi/c1-8-29-18-11-10-16(14-17(18)19(23(2,3)4)32-34(6)7)15-33-21(31-22(26)27)24(20(25)28-5)12-9-13-30-24/h10-11,14,19,21H,8-9,12-13,15H2,1-7H3,(H,26,27). The molecule has 0 aromatic heterocycles. The molecule has 3 atom stereocenters. The van der Waals surface area contributed by atoms with Gasteiger partial charge in [-0.15, -0.1) is 11.8 Å². The Kier molecular flexibility index (Phi) is 10.3. The summed E-state index contributed by atoms with van der Waals surface area (Å²) in [5, 5.41) is 9.32. The Morgan fingerprint density at radius 3 is 2.50 bits per heavy atom. The smallest absolute Gasteiger partial charge is 0.493 e. The van der Waals surface area contributed by atoms with E-state index in [4.69, 9.17) is 23.4 Å². The van der Waals surface area contributed by atoms with Crippen molar-refractivity contribution >= 4 is 32.9 Å². The molecule has 1 radical (unpaired) electrons. The summed E-state index contributed by atoms with van der Waals surface area (Å²) in [6.45, 7) is 13.4. The van der Waals surface area contributed by atoms with E-state index in [0.29, 0.717) is 31.8 Å². The lowest BCUT2D eigenvalue weighted by Crippen LogP contribution is -2.50. The summed E-state index contributed by atoms with van der Waals surface area (Å²) < 4.78 is 28.1. The van der Waals surface area contributed by atoms with E-state index in [1.54, 1.807) is 0 Å². The van der Waals surface area contributed by atoms with Gasteiger partial charge in [-0.3, -0.25) is 0 Å². The Bertz CT molecular complexity index is 833. The maximum absolute atomic E-state index is 12.6.